The summed E-state index contributed by atoms with van der Waals surface area (Å²) in [5, 5.41) is 0. The molecular formula is C17H13ClN2O2Pt. The summed E-state index contributed by atoms with van der Waals surface area (Å²) < 4.78 is 11.3. The molecule has 0 unspecified atom stereocenters. The molecule has 0 atom stereocenters. The zero-order valence-corrected chi connectivity index (χ0v) is 15.2. The second-order valence-corrected chi connectivity index (χ2v) is 4.43. The SMILES string of the molecule is Cc1cc(Oc2ccccn2)[c-]c(Oc2ccccn2)c1.[Cl][Pt+]. The molecule has 3 rings (SSSR count). The molecule has 0 saturated heterocycles. The number of nitrogens with zero attached hydrogens (tertiary/aromatic N) is 2. The van der Waals surface area contributed by atoms with Crippen LogP contribution in [0.2, 0.25) is 0 Å². The fraction of sp³-hybridized carbons (Fsp3) is 0.0588. The average molecular weight is 508 g/mol. The van der Waals surface area contributed by atoms with E-state index in [9.17, 15) is 0 Å². The predicted molar refractivity (Wildman–Crippen MR) is 84.5 cm³/mol. The van der Waals surface area contributed by atoms with Crippen LogP contribution in [0.4, 0.5) is 0 Å². The van der Waals surface area contributed by atoms with Gasteiger partial charge in [-0.05, 0) is 12.1 Å². The third-order valence-electron chi connectivity index (χ3n) is 2.67. The van der Waals surface area contributed by atoms with Gasteiger partial charge in [-0.25, -0.2) is 9.97 Å². The molecule has 0 fully saturated rings. The van der Waals surface area contributed by atoms with Crippen molar-refractivity contribution >= 4 is 9.42 Å². The summed E-state index contributed by atoms with van der Waals surface area (Å²) in [6.45, 7) is 1.96. The van der Waals surface area contributed by atoms with Crippen molar-refractivity contribution in [3.8, 4) is 23.3 Å². The van der Waals surface area contributed by atoms with E-state index in [1.54, 1.807) is 43.3 Å². The van der Waals surface area contributed by atoms with E-state index in [4.69, 9.17) is 9.47 Å². The van der Waals surface area contributed by atoms with E-state index in [0.717, 1.165) is 5.56 Å². The number of ether oxygens (including phenoxy) is 2. The molecular weight excluding hydrogens is 495 g/mol. The van der Waals surface area contributed by atoms with E-state index >= 15 is 0 Å². The number of rotatable bonds is 4. The zero-order chi connectivity index (χ0) is 16.5. The molecule has 0 spiro atoms. The van der Waals surface area contributed by atoms with Gasteiger partial charge in [0.25, 0.3) is 0 Å². The first kappa shape index (κ1) is 17.5. The van der Waals surface area contributed by atoms with Crippen molar-refractivity contribution in [2.45, 2.75) is 6.92 Å². The van der Waals surface area contributed by atoms with Gasteiger partial charge in [0.05, 0.1) is 0 Å². The van der Waals surface area contributed by atoms with Crippen molar-refractivity contribution in [2.24, 2.45) is 0 Å². The van der Waals surface area contributed by atoms with Crippen LogP contribution in [0.25, 0.3) is 0 Å². The summed E-state index contributed by atoms with van der Waals surface area (Å²) in [7, 11) is 4.61. The molecule has 0 amide bonds. The van der Waals surface area contributed by atoms with Gasteiger partial charge in [-0.15, -0.1) is 12.1 Å². The van der Waals surface area contributed by atoms with Gasteiger partial charge < -0.3 is 9.47 Å². The van der Waals surface area contributed by atoms with Gasteiger partial charge in [-0.2, -0.15) is 5.56 Å². The maximum atomic E-state index is 5.67. The molecule has 0 N–H and O–H groups in total. The maximum absolute atomic E-state index is 5.67. The second kappa shape index (κ2) is 9.29. The molecule has 0 radical (unpaired) electrons. The van der Waals surface area contributed by atoms with Crippen LogP contribution in [0, 0.1) is 13.0 Å². The van der Waals surface area contributed by atoms with Crippen LogP contribution >= 0.6 is 9.42 Å². The Morgan fingerprint density at radius 1 is 0.870 bits per heavy atom. The van der Waals surface area contributed by atoms with Crippen molar-refractivity contribution in [3.63, 3.8) is 0 Å². The molecule has 0 bridgehead atoms. The predicted octanol–water partition coefficient (Wildman–Crippen LogP) is 4.86. The average Bonchev–Trinajstić information content (AvgIpc) is 2.58. The summed E-state index contributed by atoms with van der Waals surface area (Å²) >= 11 is 1.61. The van der Waals surface area contributed by atoms with Crippen molar-refractivity contribution < 1.29 is 28.2 Å². The minimum atomic E-state index is 0.517. The number of benzene rings is 1. The van der Waals surface area contributed by atoms with E-state index in [2.05, 4.69) is 25.5 Å². The summed E-state index contributed by atoms with van der Waals surface area (Å²) in [5.74, 6) is 2.14. The van der Waals surface area contributed by atoms with Gasteiger partial charge in [0.15, 0.2) is 0 Å². The summed E-state index contributed by atoms with van der Waals surface area (Å²) in [6.07, 6.45) is 3.35. The summed E-state index contributed by atoms with van der Waals surface area (Å²) in [6, 6.07) is 17.8. The van der Waals surface area contributed by atoms with Crippen molar-refractivity contribution in [1.82, 2.24) is 9.97 Å². The Morgan fingerprint density at radius 3 is 1.74 bits per heavy atom. The van der Waals surface area contributed by atoms with Gasteiger partial charge in [0, 0.05) is 36.0 Å². The number of hydrogen-bond acceptors (Lipinski definition) is 4. The molecule has 6 heteroatoms. The topological polar surface area (TPSA) is 44.2 Å². The van der Waals surface area contributed by atoms with Gasteiger partial charge in [0.1, 0.15) is 0 Å². The molecule has 2 aromatic heterocycles. The standard InChI is InChI=1S/C17H13N2O2.ClH.Pt/c1-13-10-14(20-16-6-2-4-8-18-16)12-15(11-13)21-17-7-3-5-9-19-17;;/h2-11H,1H3;1H;/q-1;;+2/p-1. The second-order valence-electron chi connectivity index (χ2n) is 4.43. The van der Waals surface area contributed by atoms with Gasteiger partial charge >= 0.3 is 28.2 Å². The van der Waals surface area contributed by atoms with Crippen LogP contribution in [0.1, 0.15) is 5.56 Å². The Kier molecular flexibility index (Phi) is 7.05. The molecule has 3 aromatic rings. The quantitative estimate of drug-likeness (QED) is 0.473. The van der Waals surface area contributed by atoms with Crippen LogP contribution in [0.3, 0.4) is 0 Å². The van der Waals surface area contributed by atoms with E-state index in [1.807, 2.05) is 43.3 Å². The van der Waals surface area contributed by atoms with E-state index < -0.39 is 0 Å². The normalized spacial score (nSPS) is 9.57. The van der Waals surface area contributed by atoms with E-state index in [1.165, 1.54) is 0 Å². The van der Waals surface area contributed by atoms with Crippen molar-refractivity contribution in [2.75, 3.05) is 0 Å². The van der Waals surface area contributed by atoms with E-state index in [0.29, 0.717) is 23.3 Å². The van der Waals surface area contributed by atoms with Crippen molar-refractivity contribution in [3.05, 3.63) is 72.6 Å². The molecule has 120 valence electrons. The Morgan fingerprint density at radius 2 is 1.35 bits per heavy atom. The number of aryl methyl sites for hydroxylation is 1. The van der Waals surface area contributed by atoms with Crippen LogP contribution < -0.4 is 9.47 Å². The molecule has 0 aliphatic heterocycles. The number of hydrogen-bond donors (Lipinski definition) is 0. The number of halogens is 1. The van der Waals surface area contributed by atoms with Crippen LogP contribution in [-0.4, -0.2) is 9.97 Å². The molecule has 23 heavy (non-hydrogen) atoms. The number of aromatic nitrogens is 2. The zero-order valence-electron chi connectivity index (χ0n) is 12.2. The third-order valence-corrected chi connectivity index (χ3v) is 2.67. The molecule has 1 aromatic carbocycles. The molecule has 0 aliphatic rings. The summed E-state index contributed by atoms with van der Waals surface area (Å²) in [4.78, 5) is 8.24. The first-order valence-electron chi connectivity index (χ1n) is 6.63. The van der Waals surface area contributed by atoms with Crippen LogP contribution in [0.15, 0.2) is 60.9 Å². The fourth-order valence-electron chi connectivity index (χ4n) is 1.80. The van der Waals surface area contributed by atoms with Gasteiger partial charge in [-0.3, -0.25) is 0 Å². The monoisotopic (exact) mass is 507 g/mol. The fourth-order valence-corrected chi connectivity index (χ4v) is 1.80. The Bertz CT molecular complexity index is 667. The van der Waals surface area contributed by atoms with Crippen molar-refractivity contribution in [1.29, 1.82) is 0 Å². The molecule has 2 heterocycles. The molecule has 0 saturated carbocycles. The molecule has 0 aliphatic carbocycles. The molecule has 4 nitrogen and oxygen atoms in total. The Hall–Kier alpha value is -1.90. The Labute approximate surface area is 150 Å². The Balaban J connectivity index is 0.000000924. The first-order chi connectivity index (χ1) is 11.3. The summed E-state index contributed by atoms with van der Waals surface area (Å²) in [5.41, 5.74) is 1.01. The van der Waals surface area contributed by atoms with Gasteiger partial charge in [0.2, 0.25) is 11.8 Å². The third kappa shape index (κ3) is 5.66. The number of pyridine rings is 2. The first-order valence-corrected chi connectivity index (χ1v) is 9.45. The van der Waals surface area contributed by atoms with Crippen LogP contribution in [0.5, 0.6) is 23.3 Å². The van der Waals surface area contributed by atoms with Gasteiger partial charge in [-0.1, -0.05) is 25.1 Å². The minimum absolute atomic E-state index is 0.517. The van der Waals surface area contributed by atoms with Crippen LogP contribution in [-0.2, 0) is 18.8 Å². The van der Waals surface area contributed by atoms with E-state index in [-0.39, 0.29) is 0 Å².